The highest BCUT2D eigenvalue weighted by molar-refractivity contribution is 5.96. The summed E-state index contributed by atoms with van der Waals surface area (Å²) in [6.07, 6.45) is 5.56. The number of nitrogens with zero attached hydrogens (tertiary/aromatic N) is 2. The third kappa shape index (κ3) is 3.53. The van der Waals surface area contributed by atoms with Gasteiger partial charge in [0.1, 0.15) is 11.9 Å². The highest BCUT2D eigenvalue weighted by Gasteiger charge is 2.22. The molecule has 1 aromatic carbocycles. The van der Waals surface area contributed by atoms with Crippen molar-refractivity contribution in [3.05, 3.63) is 36.3 Å². The lowest BCUT2D eigenvalue weighted by Gasteiger charge is -2.29. The lowest BCUT2D eigenvalue weighted by molar-refractivity contribution is 0.0986. The van der Waals surface area contributed by atoms with Gasteiger partial charge in [-0.3, -0.25) is 4.79 Å². The molecular formula is C17H22N4O2. The number of imidazole rings is 1. The number of piperidine rings is 1. The van der Waals surface area contributed by atoms with Crippen LogP contribution in [-0.4, -0.2) is 34.1 Å². The van der Waals surface area contributed by atoms with Gasteiger partial charge in [-0.2, -0.15) is 0 Å². The monoisotopic (exact) mass is 314 g/mol. The molecule has 0 bridgehead atoms. The van der Waals surface area contributed by atoms with Crippen LogP contribution >= 0.6 is 0 Å². The van der Waals surface area contributed by atoms with Crippen LogP contribution in [0.2, 0.25) is 0 Å². The predicted molar refractivity (Wildman–Crippen MR) is 88.3 cm³/mol. The summed E-state index contributed by atoms with van der Waals surface area (Å²) in [6.45, 7) is 3.05. The average Bonchev–Trinajstić information content (AvgIpc) is 2.94. The summed E-state index contributed by atoms with van der Waals surface area (Å²) in [4.78, 5) is 16.1. The first-order valence-corrected chi connectivity index (χ1v) is 7.85. The van der Waals surface area contributed by atoms with Gasteiger partial charge >= 0.3 is 0 Å². The zero-order valence-corrected chi connectivity index (χ0v) is 13.5. The molecule has 0 saturated carbocycles. The minimum absolute atomic E-state index is 0.102. The van der Waals surface area contributed by atoms with Gasteiger partial charge in [-0.25, -0.2) is 4.98 Å². The largest absolute Gasteiger partial charge is 0.489 e. The van der Waals surface area contributed by atoms with Crippen molar-refractivity contribution in [2.45, 2.75) is 31.9 Å². The summed E-state index contributed by atoms with van der Waals surface area (Å²) in [5.41, 5.74) is 7.60. The van der Waals surface area contributed by atoms with Gasteiger partial charge < -0.3 is 20.4 Å². The van der Waals surface area contributed by atoms with Crippen LogP contribution in [0.3, 0.4) is 0 Å². The van der Waals surface area contributed by atoms with Crippen LogP contribution in [0.15, 0.2) is 30.7 Å². The molecule has 1 aliphatic heterocycles. The van der Waals surface area contributed by atoms with Crippen molar-refractivity contribution in [2.75, 3.05) is 6.54 Å². The van der Waals surface area contributed by atoms with Crippen molar-refractivity contribution in [1.29, 1.82) is 0 Å². The number of aryl methyl sites for hydroxylation is 1. The molecule has 3 N–H and O–H groups in total. The van der Waals surface area contributed by atoms with E-state index >= 15 is 0 Å². The van der Waals surface area contributed by atoms with Gasteiger partial charge in [-0.05, 0) is 44.5 Å². The number of primary amides is 1. The van der Waals surface area contributed by atoms with Gasteiger partial charge in [0.05, 0.1) is 17.6 Å². The Morgan fingerprint density at radius 3 is 2.96 bits per heavy atom. The number of benzene rings is 1. The van der Waals surface area contributed by atoms with Crippen molar-refractivity contribution in [1.82, 2.24) is 14.9 Å². The van der Waals surface area contributed by atoms with Gasteiger partial charge in [0, 0.05) is 24.8 Å². The van der Waals surface area contributed by atoms with Crippen molar-refractivity contribution in [2.24, 2.45) is 12.8 Å². The van der Waals surface area contributed by atoms with Crippen LogP contribution in [-0.2, 0) is 7.05 Å². The molecule has 122 valence electrons. The molecule has 1 fully saturated rings. The molecule has 2 unspecified atom stereocenters. The molecule has 1 aliphatic rings. The Labute approximate surface area is 135 Å². The second-order valence-electron chi connectivity index (χ2n) is 6.12. The van der Waals surface area contributed by atoms with E-state index in [1.165, 1.54) is 0 Å². The molecule has 6 heteroatoms. The highest BCUT2D eigenvalue weighted by Crippen LogP contribution is 2.28. The first-order valence-electron chi connectivity index (χ1n) is 7.85. The summed E-state index contributed by atoms with van der Waals surface area (Å²) < 4.78 is 7.91. The minimum Gasteiger partial charge on any atom is -0.489 e. The number of amides is 1. The number of hydrogen-bond acceptors (Lipinski definition) is 4. The molecule has 0 spiro atoms. The van der Waals surface area contributed by atoms with Crippen LogP contribution in [0.1, 0.15) is 30.1 Å². The van der Waals surface area contributed by atoms with E-state index in [9.17, 15) is 4.79 Å². The van der Waals surface area contributed by atoms with Crippen LogP contribution < -0.4 is 15.8 Å². The van der Waals surface area contributed by atoms with Crippen LogP contribution in [0.25, 0.3) is 11.3 Å². The first kappa shape index (κ1) is 15.6. The van der Waals surface area contributed by atoms with Gasteiger partial charge in [-0.15, -0.1) is 0 Å². The Kier molecular flexibility index (Phi) is 4.34. The second-order valence-corrected chi connectivity index (χ2v) is 6.12. The lowest BCUT2D eigenvalue weighted by atomic mass is 10.0. The number of hydrogen-bond donors (Lipinski definition) is 2. The number of ether oxygens (including phenoxy) is 1. The normalized spacial score (nSPS) is 21.1. The van der Waals surface area contributed by atoms with Gasteiger partial charge in [0.15, 0.2) is 0 Å². The Bertz CT molecular complexity index is 710. The number of nitrogens with two attached hydrogens (primary N) is 1. The maximum atomic E-state index is 11.8. The van der Waals surface area contributed by atoms with Crippen LogP contribution in [0.5, 0.6) is 5.75 Å². The Morgan fingerprint density at radius 2 is 2.30 bits per heavy atom. The molecule has 1 amide bonds. The molecule has 3 rings (SSSR count). The molecule has 6 nitrogen and oxygen atoms in total. The highest BCUT2D eigenvalue weighted by atomic mass is 16.5. The standard InChI is InChI=1S/C17H22N4O2/c1-11-7-13(5-6-19-11)23-16-4-3-12(8-14(16)17(18)22)15-9-21(2)10-20-15/h3-4,8-11,13,19H,5-7H2,1-2H3,(H2,18,22). The van der Waals surface area contributed by atoms with Crippen LogP contribution in [0.4, 0.5) is 0 Å². The molecule has 2 aromatic rings. The fraction of sp³-hybridized carbons (Fsp3) is 0.412. The maximum absolute atomic E-state index is 11.8. The number of aromatic nitrogens is 2. The molecule has 2 heterocycles. The second kappa shape index (κ2) is 6.42. The van der Waals surface area contributed by atoms with E-state index in [1.807, 2.05) is 29.9 Å². The number of carbonyl (C=O) groups excluding carboxylic acids is 1. The Morgan fingerprint density at radius 1 is 1.48 bits per heavy atom. The first-order chi connectivity index (χ1) is 11.0. The summed E-state index contributed by atoms with van der Waals surface area (Å²) in [5, 5.41) is 3.39. The molecule has 1 saturated heterocycles. The molecule has 0 radical (unpaired) electrons. The molecule has 0 aliphatic carbocycles. The topological polar surface area (TPSA) is 82.2 Å². The summed E-state index contributed by atoms with van der Waals surface area (Å²) in [6, 6.07) is 5.90. The van der Waals surface area contributed by atoms with Gasteiger partial charge in [-0.1, -0.05) is 0 Å². The van der Waals surface area contributed by atoms with Crippen molar-refractivity contribution in [3.63, 3.8) is 0 Å². The fourth-order valence-corrected chi connectivity index (χ4v) is 2.92. The predicted octanol–water partition coefficient (Wildman–Crippen LogP) is 1.71. The summed E-state index contributed by atoms with van der Waals surface area (Å²) in [5.74, 6) is 0.0658. The number of carbonyl (C=O) groups is 1. The van der Waals surface area contributed by atoms with Crippen molar-refractivity contribution in [3.8, 4) is 17.0 Å². The molecular weight excluding hydrogens is 292 g/mol. The average molecular weight is 314 g/mol. The van der Waals surface area contributed by atoms with Crippen molar-refractivity contribution >= 4 is 5.91 Å². The van der Waals surface area contributed by atoms with Gasteiger partial charge in [0.2, 0.25) is 0 Å². The smallest absolute Gasteiger partial charge is 0.252 e. The SMILES string of the molecule is CC1CC(Oc2ccc(-c3cn(C)cn3)cc2C(N)=O)CCN1. The van der Waals surface area contributed by atoms with E-state index in [2.05, 4.69) is 17.2 Å². The van der Waals surface area contributed by atoms with Crippen LogP contribution in [0, 0.1) is 0 Å². The van der Waals surface area contributed by atoms with E-state index in [4.69, 9.17) is 10.5 Å². The summed E-state index contributed by atoms with van der Waals surface area (Å²) >= 11 is 0. The van der Waals surface area contributed by atoms with E-state index in [0.29, 0.717) is 17.4 Å². The third-order valence-corrected chi connectivity index (χ3v) is 4.11. The Hall–Kier alpha value is -2.34. The summed E-state index contributed by atoms with van der Waals surface area (Å²) in [7, 11) is 1.90. The van der Waals surface area contributed by atoms with E-state index in [0.717, 1.165) is 30.6 Å². The van der Waals surface area contributed by atoms with E-state index in [-0.39, 0.29) is 6.10 Å². The third-order valence-electron chi connectivity index (χ3n) is 4.11. The lowest BCUT2D eigenvalue weighted by Crippen LogP contribution is -2.40. The number of nitrogens with one attached hydrogen (secondary N) is 1. The molecule has 1 aromatic heterocycles. The van der Waals surface area contributed by atoms with Gasteiger partial charge in [0.25, 0.3) is 5.91 Å². The quantitative estimate of drug-likeness (QED) is 0.900. The maximum Gasteiger partial charge on any atom is 0.252 e. The fourth-order valence-electron chi connectivity index (χ4n) is 2.92. The molecule has 2 atom stereocenters. The molecule has 23 heavy (non-hydrogen) atoms. The van der Waals surface area contributed by atoms with Crippen molar-refractivity contribution < 1.29 is 9.53 Å². The Balaban J connectivity index is 1.86. The zero-order chi connectivity index (χ0) is 16.4. The zero-order valence-electron chi connectivity index (χ0n) is 13.5. The minimum atomic E-state index is -0.486. The van der Waals surface area contributed by atoms with E-state index in [1.54, 1.807) is 12.4 Å². The number of rotatable bonds is 4. The van der Waals surface area contributed by atoms with E-state index < -0.39 is 5.91 Å².